The van der Waals surface area contributed by atoms with Crippen molar-refractivity contribution in [2.45, 2.75) is 38.1 Å². The van der Waals surface area contributed by atoms with Crippen LogP contribution in [-0.2, 0) is 0 Å². The standard InChI is InChI=1S/C15H17BrClN3O/c16-11-8-10(6-7-12(11)17)14-19-15(21-20-14)13(18)9-4-2-1-3-5-9/h6-9,13H,1-5,18H2. The fourth-order valence-electron chi connectivity index (χ4n) is 2.82. The van der Waals surface area contributed by atoms with Gasteiger partial charge in [0.2, 0.25) is 11.7 Å². The molecule has 1 aliphatic carbocycles. The fraction of sp³-hybridized carbons (Fsp3) is 0.467. The second-order valence-corrected chi connectivity index (χ2v) is 6.77. The average molecular weight is 371 g/mol. The molecule has 1 saturated carbocycles. The van der Waals surface area contributed by atoms with Crippen LogP contribution in [-0.4, -0.2) is 10.1 Å². The highest BCUT2D eigenvalue weighted by atomic mass is 79.9. The molecule has 0 amide bonds. The quantitative estimate of drug-likeness (QED) is 0.848. The molecule has 1 fully saturated rings. The van der Waals surface area contributed by atoms with E-state index in [2.05, 4.69) is 26.1 Å². The molecule has 1 atom stereocenters. The molecule has 0 bridgehead atoms. The molecule has 1 heterocycles. The lowest BCUT2D eigenvalue weighted by molar-refractivity contribution is 0.255. The third-order valence-electron chi connectivity index (χ3n) is 4.06. The monoisotopic (exact) mass is 369 g/mol. The van der Waals surface area contributed by atoms with Crippen molar-refractivity contribution in [2.75, 3.05) is 0 Å². The topological polar surface area (TPSA) is 64.9 Å². The number of nitrogens with two attached hydrogens (primary N) is 1. The van der Waals surface area contributed by atoms with Gasteiger partial charge in [-0.1, -0.05) is 36.0 Å². The number of hydrogen-bond acceptors (Lipinski definition) is 4. The van der Waals surface area contributed by atoms with Crippen LogP contribution in [0.5, 0.6) is 0 Å². The molecule has 1 aliphatic rings. The number of aromatic nitrogens is 2. The van der Waals surface area contributed by atoms with E-state index in [-0.39, 0.29) is 6.04 Å². The third-order valence-corrected chi connectivity index (χ3v) is 5.28. The summed E-state index contributed by atoms with van der Waals surface area (Å²) >= 11 is 9.39. The molecule has 1 aromatic carbocycles. The van der Waals surface area contributed by atoms with Crippen LogP contribution in [0, 0.1) is 5.92 Å². The second kappa shape index (κ2) is 6.46. The summed E-state index contributed by atoms with van der Waals surface area (Å²) in [6, 6.07) is 5.39. The van der Waals surface area contributed by atoms with E-state index in [0.717, 1.165) is 22.9 Å². The fourth-order valence-corrected chi connectivity index (χ4v) is 3.31. The Morgan fingerprint density at radius 2 is 2.05 bits per heavy atom. The highest BCUT2D eigenvalue weighted by Gasteiger charge is 2.26. The van der Waals surface area contributed by atoms with Crippen LogP contribution in [0.2, 0.25) is 5.02 Å². The first-order valence-corrected chi connectivity index (χ1v) is 8.37. The minimum Gasteiger partial charge on any atom is -0.337 e. The van der Waals surface area contributed by atoms with Crippen molar-refractivity contribution in [1.29, 1.82) is 0 Å². The van der Waals surface area contributed by atoms with Gasteiger partial charge in [0, 0.05) is 10.0 Å². The van der Waals surface area contributed by atoms with E-state index >= 15 is 0 Å². The van der Waals surface area contributed by atoms with E-state index in [9.17, 15) is 0 Å². The van der Waals surface area contributed by atoms with Crippen molar-refractivity contribution in [2.24, 2.45) is 11.7 Å². The molecule has 21 heavy (non-hydrogen) atoms. The summed E-state index contributed by atoms with van der Waals surface area (Å²) in [5.74, 6) is 1.53. The lowest BCUT2D eigenvalue weighted by atomic mass is 9.84. The maximum Gasteiger partial charge on any atom is 0.244 e. The molecule has 6 heteroatoms. The first kappa shape index (κ1) is 15.0. The van der Waals surface area contributed by atoms with Crippen LogP contribution in [0.3, 0.4) is 0 Å². The summed E-state index contributed by atoms with van der Waals surface area (Å²) in [6.45, 7) is 0. The van der Waals surface area contributed by atoms with E-state index < -0.39 is 0 Å². The zero-order valence-electron chi connectivity index (χ0n) is 11.6. The molecular weight excluding hydrogens is 354 g/mol. The Bertz CT molecular complexity index is 625. The van der Waals surface area contributed by atoms with Crippen LogP contribution in [0.1, 0.15) is 44.0 Å². The van der Waals surface area contributed by atoms with E-state index in [0.29, 0.717) is 22.7 Å². The highest BCUT2D eigenvalue weighted by molar-refractivity contribution is 9.10. The molecule has 1 aromatic heterocycles. The van der Waals surface area contributed by atoms with Crippen LogP contribution < -0.4 is 5.73 Å². The Kier molecular flexibility index (Phi) is 4.62. The molecule has 0 saturated heterocycles. The smallest absolute Gasteiger partial charge is 0.244 e. The Hall–Kier alpha value is -0.910. The van der Waals surface area contributed by atoms with Gasteiger partial charge < -0.3 is 10.3 Å². The van der Waals surface area contributed by atoms with E-state index in [4.69, 9.17) is 21.9 Å². The summed E-state index contributed by atoms with van der Waals surface area (Å²) in [5.41, 5.74) is 7.15. The summed E-state index contributed by atoms with van der Waals surface area (Å²) in [7, 11) is 0. The van der Waals surface area contributed by atoms with Gasteiger partial charge in [0.05, 0.1) is 11.1 Å². The lowest BCUT2D eigenvalue weighted by Crippen LogP contribution is -2.23. The van der Waals surface area contributed by atoms with Gasteiger partial charge in [-0.25, -0.2) is 0 Å². The highest BCUT2D eigenvalue weighted by Crippen LogP contribution is 2.33. The van der Waals surface area contributed by atoms with Gasteiger partial charge in [-0.2, -0.15) is 4.98 Å². The van der Waals surface area contributed by atoms with E-state index in [1.807, 2.05) is 12.1 Å². The first-order chi connectivity index (χ1) is 10.1. The first-order valence-electron chi connectivity index (χ1n) is 7.20. The second-order valence-electron chi connectivity index (χ2n) is 5.51. The van der Waals surface area contributed by atoms with Crippen LogP contribution in [0.25, 0.3) is 11.4 Å². The Balaban J connectivity index is 1.80. The van der Waals surface area contributed by atoms with Crippen molar-refractivity contribution >= 4 is 27.5 Å². The predicted octanol–water partition coefficient (Wildman–Crippen LogP) is 4.73. The molecule has 0 aliphatic heterocycles. The molecular formula is C15H17BrClN3O. The normalized spacial score (nSPS) is 17.9. The summed E-state index contributed by atoms with van der Waals surface area (Å²) < 4.78 is 6.18. The summed E-state index contributed by atoms with van der Waals surface area (Å²) in [5, 5.41) is 4.70. The van der Waals surface area contributed by atoms with Crippen molar-refractivity contribution in [3.8, 4) is 11.4 Å². The minimum absolute atomic E-state index is 0.165. The Morgan fingerprint density at radius 3 is 2.76 bits per heavy atom. The third kappa shape index (κ3) is 3.30. The van der Waals surface area contributed by atoms with Gasteiger partial charge in [0.25, 0.3) is 0 Å². The number of halogens is 2. The van der Waals surface area contributed by atoms with Crippen LogP contribution in [0.4, 0.5) is 0 Å². The van der Waals surface area contributed by atoms with Crippen molar-refractivity contribution < 1.29 is 4.52 Å². The van der Waals surface area contributed by atoms with Gasteiger partial charge in [-0.3, -0.25) is 0 Å². The lowest BCUT2D eigenvalue weighted by Gasteiger charge is -2.24. The van der Waals surface area contributed by atoms with Crippen molar-refractivity contribution in [3.05, 3.63) is 33.6 Å². The molecule has 0 radical (unpaired) electrons. The van der Waals surface area contributed by atoms with E-state index in [1.54, 1.807) is 6.07 Å². The van der Waals surface area contributed by atoms with Gasteiger partial charge in [-0.05, 0) is 52.9 Å². The molecule has 2 N–H and O–H groups in total. The largest absolute Gasteiger partial charge is 0.337 e. The molecule has 112 valence electrons. The zero-order chi connectivity index (χ0) is 14.8. The Morgan fingerprint density at radius 1 is 1.29 bits per heavy atom. The SMILES string of the molecule is NC(c1nc(-c2ccc(Cl)c(Br)c2)no1)C1CCCCC1. The molecule has 3 rings (SSSR count). The maximum atomic E-state index is 6.29. The van der Waals surface area contributed by atoms with Gasteiger partial charge >= 0.3 is 0 Å². The predicted molar refractivity (Wildman–Crippen MR) is 85.9 cm³/mol. The minimum atomic E-state index is -0.165. The summed E-state index contributed by atoms with van der Waals surface area (Å²) in [6.07, 6.45) is 6.07. The van der Waals surface area contributed by atoms with E-state index in [1.165, 1.54) is 19.3 Å². The molecule has 2 aromatic rings. The van der Waals surface area contributed by atoms with Crippen LogP contribution in [0.15, 0.2) is 27.2 Å². The van der Waals surface area contributed by atoms with Crippen molar-refractivity contribution in [1.82, 2.24) is 10.1 Å². The molecule has 1 unspecified atom stereocenters. The number of benzene rings is 1. The number of hydrogen-bond donors (Lipinski definition) is 1. The molecule has 4 nitrogen and oxygen atoms in total. The van der Waals surface area contributed by atoms with Gasteiger partial charge in [-0.15, -0.1) is 0 Å². The van der Waals surface area contributed by atoms with Gasteiger partial charge in [0.15, 0.2) is 0 Å². The van der Waals surface area contributed by atoms with Crippen molar-refractivity contribution in [3.63, 3.8) is 0 Å². The molecule has 0 spiro atoms. The van der Waals surface area contributed by atoms with Gasteiger partial charge in [0.1, 0.15) is 0 Å². The zero-order valence-corrected chi connectivity index (χ0v) is 13.9. The number of rotatable bonds is 3. The summed E-state index contributed by atoms with van der Waals surface area (Å²) in [4.78, 5) is 4.46. The average Bonchev–Trinajstić information content (AvgIpc) is 3.00. The maximum absolute atomic E-state index is 6.29. The van der Waals surface area contributed by atoms with Crippen LogP contribution >= 0.6 is 27.5 Å². The number of nitrogens with zero attached hydrogens (tertiary/aromatic N) is 2. The Labute approximate surface area is 137 Å².